The molecular weight excluding hydrogens is 204 g/mol. The SMILES string of the molecule is CC(=O)[C@H](CC(C)C)NC(=O)[C@@H]1CCCN1. The van der Waals surface area contributed by atoms with Gasteiger partial charge in [-0.1, -0.05) is 13.8 Å². The Hall–Kier alpha value is -0.900. The number of hydrogen-bond donors (Lipinski definition) is 2. The van der Waals surface area contributed by atoms with Gasteiger partial charge in [0.1, 0.15) is 0 Å². The van der Waals surface area contributed by atoms with Gasteiger partial charge in [0.25, 0.3) is 0 Å². The van der Waals surface area contributed by atoms with E-state index >= 15 is 0 Å². The minimum absolute atomic E-state index is 0.0293. The number of hydrogen-bond acceptors (Lipinski definition) is 3. The molecule has 2 N–H and O–H groups in total. The summed E-state index contributed by atoms with van der Waals surface area (Å²) in [4.78, 5) is 23.2. The maximum absolute atomic E-state index is 11.8. The Labute approximate surface area is 97.2 Å². The van der Waals surface area contributed by atoms with E-state index in [-0.39, 0.29) is 23.8 Å². The van der Waals surface area contributed by atoms with Crippen LogP contribution in [0.15, 0.2) is 0 Å². The first-order chi connectivity index (χ1) is 7.50. The normalized spacial score (nSPS) is 22.1. The Kier molecular flexibility index (Phi) is 4.93. The Bertz CT molecular complexity index is 258. The largest absolute Gasteiger partial charge is 0.345 e. The van der Waals surface area contributed by atoms with Gasteiger partial charge in [0.2, 0.25) is 5.91 Å². The van der Waals surface area contributed by atoms with Gasteiger partial charge in [-0.3, -0.25) is 9.59 Å². The molecule has 0 aromatic carbocycles. The zero-order valence-electron chi connectivity index (χ0n) is 10.4. The average Bonchev–Trinajstić information content (AvgIpc) is 2.68. The summed E-state index contributed by atoms with van der Waals surface area (Å²) in [5.41, 5.74) is 0. The molecule has 1 aliphatic rings. The molecule has 2 atom stereocenters. The summed E-state index contributed by atoms with van der Waals surface area (Å²) in [5, 5.41) is 5.97. The highest BCUT2D eigenvalue weighted by Crippen LogP contribution is 2.09. The molecule has 0 bridgehead atoms. The highest BCUT2D eigenvalue weighted by Gasteiger charge is 2.25. The molecule has 1 fully saturated rings. The maximum Gasteiger partial charge on any atom is 0.237 e. The van der Waals surface area contributed by atoms with Crippen molar-refractivity contribution in [3.63, 3.8) is 0 Å². The molecule has 16 heavy (non-hydrogen) atoms. The molecule has 4 nitrogen and oxygen atoms in total. The van der Waals surface area contributed by atoms with E-state index in [9.17, 15) is 9.59 Å². The lowest BCUT2D eigenvalue weighted by Crippen LogP contribution is -2.48. The molecule has 0 unspecified atom stereocenters. The van der Waals surface area contributed by atoms with Crippen LogP contribution in [0, 0.1) is 5.92 Å². The quantitative estimate of drug-likeness (QED) is 0.731. The van der Waals surface area contributed by atoms with Crippen molar-refractivity contribution in [2.75, 3.05) is 6.54 Å². The van der Waals surface area contributed by atoms with Crippen LogP contribution in [0.2, 0.25) is 0 Å². The molecule has 1 amide bonds. The molecule has 0 spiro atoms. The molecule has 1 saturated heterocycles. The molecule has 0 aromatic heterocycles. The minimum Gasteiger partial charge on any atom is -0.345 e. The highest BCUT2D eigenvalue weighted by atomic mass is 16.2. The highest BCUT2D eigenvalue weighted by molar-refractivity contribution is 5.89. The van der Waals surface area contributed by atoms with Crippen LogP contribution in [-0.2, 0) is 9.59 Å². The van der Waals surface area contributed by atoms with Crippen molar-refractivity contribution in [1.29, 1.82) is 0 Å². The number of carbonyl (C=O) groups is 2. The summed E-state index contributed by atoms with van der Waals surface area (Å²) in [7, 11) is 0. The molecule has 0 aliphatic carbocycles. The smallest absolute Gasteiger partial charge is 0.237 e. The van der Waals surface area contributed by atoms with E-state index in [1.807, 2.05) is 0 Å². The third-order valence-corrected chi connectivity index (χ3v) is 2.89. The van der Waals surface area contributed by atoms with Crippen LogP contribution in [0.5, 0.6) is 0 Å². The van der Waals surface area contributed by atoms with Crippen molar-refractivity contribution in [1.82, 2.24) is 10.6 Å². The van der Waals surface area contributed by atoms with Gasteiger partial charge in [-0.2, -0.15) is 0 Å². The molecule has 0 aromatic rings. The van der Waals surface area contributed by atoms with Crippen molar-refractivity contribution < 1.29 is 9.59 Å². The van der Waals surface area contributed by atoms with Crippen molar-refractivity contribution >= 4 is 11.7 Å². The van der Waals surface area contributed by atoms with Crippen LogP contribution in [0.3, 0.4) is 0 Å². The fourth-order valence-corrected chi connectivity index (χ4v) is 1.98. The summed E-state index contributed by atoms with van der Waals surface area (Å²) in [6.45, 7) is 6.54. The molecule has 0 radical (unpaired) electrons. The predicted molar refractivity (Wildman–Crippen MR) is 63.1 cm³/mol. The average molecular weight is 226 g/mol. The van der Waals surface area contributed by atoms with Gasteiger partial charge in [-0.05, 0) is 38.6 Å². The van der Waals surface area contributed by atoms with Crippen molar-refractivity contribution in [2.24, 2.45) is 5.92 Å². The first-order valence-corrected chi connectivity index (χ1v) is 6.05. The van der Waals surface area contributed by atoms with E-state index < -0.39 is 0 Å². The summed E-state index contributed by atoms with van der Waals surface area (Å²) in [6, 6.07) is -0.427. The maximum atomic E-state index is 11.8. The third kappa shape index (κ3) is 3.93. The Balaban J connectivity index is 2.47. The number of carbonyl (C=O) groups excluding carboxylic acids is 2. The predicted octanol–water partition coefficient (Wildman–Crippen LogP) is 0.858. The lowest BCUT2D eigenvalue weighted by atomic mass is 10.0. The molecule has 1 rings (SSSR count). The van der Waals surface area contributed by atoms with Crippen LogP contribution < -0.4 is 10.6 Å². The van der Waals surface area contributed by atoms with Gasteiger partial charge in [0, 0.05) is 0 Å². The van der Waals surface area contributed by atoms with Crippen LogP contribution in [-0.4, -0.2) is 30.3 Å². The number of amides is 1. The van der Waals surface area contributed by atoms with E-state index in [0.717, 1.165) is 19.4 Å². The Morgan fingerprint density at radius 3 is 2.56 bits per heavy atom. The van der Waals surface area contributed by atoms with Gasteiger partial charge in [0.05, 0.1) is 12.1 Å². The summed E-state index contributed by atoms with van der Waals surface area (Å²) >= 11 is 0. The minimum atomic E-state index is -0.324. The number of nitrogens with one attached hydrogen (secondary N) is 2. The fraction of sp³-hybridized carbons (Fsp3) is 0.833. The van der Waals surface area contributed by atoms with Crippen molar-refractivity contribution in [3.8, 4) is 0 Å². The van der Waals surface area contributed by atoms with Crippen LogP contribution in [0.25, 0.3) is 0 Å². The first-order valence-electron chi connectivity index (χ1n) is 6.05. The monoisotopic (exact) mass is 226 g/mol. The molecule has 1 heterocycles. The molecule has 92 valence electrons. The summed E-state index contributed by atoms with van der Waals surface area (Å²) < 4.78 is 0. The van der Waals surface area contributed by atoms with Gasteiger partial charge in [-0.15, -0.1) is 0 Å². The Morgan fingerprint density at radius 2 is 2.12 bits per heavy atom. The zero-order chi connectivity index (χ0) is 12.1. The lowest BCUT2D eigenvalue weighted by molar-refractivity contribution is -0.128. The summed E-state index contributed by atoms with van der Waals surface area (Å²) in [5.74, 6) is 0.420. The van der Waals surface area contributed by atoms with Crippen LogP contribution in [0.1, 0.15) is 40.0 Å². The second kappa shape index (κ2) is 5.99. The fourth-order valence-electron chi connectivity index (χ4n) is 1.98. The lowest BCUT2D eigenvalue weighted by Gasteiger charge is -2.20. The van der Waals surface area contributed by atoms with Gasteiger partial charge < -0.3 is 10.6 Å². The topological polar surface area (TPSA) is 58.2 Å². The van der Waals surface area contributed by atoms with E-state index in [2.05, 4.69) is 24.5 Å². The van der Waals surface area contributed by atoms with Crippen LogP contribution in [0.4, 0.5) is 0 Å². The molecule has 4 heteroatoms. The molecule has 0 saturated carbocycles. The number of ketones is 1. The van der Waals surface area contributed by atoms with E-state index in [1.165, 1.54) is 6.92 Å². The number of Topliss-reactive ketones (excluding diaryl/α,β-unsaturated/α-hetero) is 1. The van der Waals surface area contributed by atoms with Gasteiger partial charge in [-0.25, -0.2) is 0 Å². The standard InChI is InChI=1S/C12H22N2O2/c1-8(2)7-11(9(3)15)14-12(16)10-5-4-6-13-10/h8,10-11,13H,4-7H2,1-3H3,(H,14,16)/t10-,11-/m0/s1. The number of rotatable bonds is 5. The third-order valence-electron chi connectivity index (χ3n) is 2.89. The van der Waals surface area contributed by atoms with E-state index in [0.29, 0.717) is 12.3 Å². The van der Waals surface area contributed by atoms with Crippen LogP contribution >= 0.6 is 0 Å². The van der Waals surface area contributed by atoms with Gasteiger partial charge >= 0.3 is 0 Å². The first kappa shape index (κ1) is 13.2. The zero-order valence-corrected chi connectivity index (χ0v) is 10.4. The van der Waals surface area contributed by atoms with Crippen molar-refractivity contribution in [2.45, 2.75) is 52.1 Å². The second-order valence-corrected chi connectivity index (χ2v) is 4.95. The summed E-state index contributed by atoms with van der Waals surface area (Å²) in [6.07, 6.45) is 2.62. The Morgan fingerprint density at radius 1 is 1.44 bits per heavy atom. The van der Waals surface area contributed by atoms with Gasteiger partial charge in [0.15, 0.2) is 5.78 Å². The molecule has 1 aliphatic heterocycles. The van der Waals surface area contributed by atoms with E-state index in [1.54, 1.807) is 0 Å². The van der Waals surface area contributed by atoms with Crippen molar-refractivity contribution in [3.05, 3.63) is 0 Å². The second-order valence-electron chi connectivity index (χ2n) is 4.95. The van der Waals surface area contributed by atoms with E-state index in [4.69, 9.17) is 0 Å². The molecular formula is C12H22N2O2.